The Balaban J connectivity index is 2.70. The van der Waals surface area contributed by atoms with Gasteiger partial charge in [0, 0.05) is 23.1 Å². The molecule has 0 aliphatic carbocycles. The number of halogens is 1. The highest BCUT2D eigenvalue weighted by atomic mass is 79.9. The van der Waals surface area contributed by atoms with Gasteiger partial charge in [0.25, 0.3) is 0 Å². The number of aryl methyl sites for hydroxylation is 1. The molecule has 0 amide bonds. The third kappa shape index (κ3) is 1.92. The minimum atomic E-state index is -0.362. The fourth-order valence-electron chi connectivity index (χ4n) is 1.25. The second-order valence-electron chi connectivity index (χ2n) is 3.14. The number of thiophene rings is 1. The summed E-state index contributed by atoms with van der Waals surface area (Å²) in [5.41, 5.74) is 0.483. The Labute approximate surface area is 104 Å². The molecule has 0 radical (unpaired) electrons. The lowest BCUT2D eigenvalue weighted by molar-refractivity contribution is 0.810. The third-order valence-electron chi connectivity index (χ3n) is 2.01. The van der Waals surface area contributed by atoms with Crippen molar-refractivity contribution in [3.63, 3.8) is 0 Å². The minimum absolute atomic E-state index is 0.362. The van der Waals surface area contributed by atoms with E-state index in [-0.39, 0.29) is 5.69 Å². The lowest BCUT2D eigenvalue weighted by Crippen LogP contribution is -2.20. The van der Waals surface area contributed by atoms with Crippen LogP contribution in [-0.2, 0) is 7.05 Å². The predicted molar refractivity (Wildman–Crippen MR) is 65.2 cm³/mol. The van der Waals surface area contributed by atoms with Gasteiger partial charge in [-0.1, -0.05) is 0 Å². The summed E-state index contributed by atoms with van der Waals surface area (Å²) in [6.45, 7) is 0. The Morgan fingerprint density at radius 1 is 1.62 bits per heavy atom. The second kappa shape index (κ2) is 4.20. The van der Waals surface area contributed by atoms with Crippen LogP contribution >= 0.6 is 27.3 Å². The quantitative estimate of drug-likeness (QED) is 0.810. The van der Waals surface area contributed by atoms with Crippen LogP contribution in [0.5, 0.6) is 0 Å². The maximum absolute atomic E-state index is 11.4. The zero-order chi connectivity index (χ0) is 11.7. The van der Waals surface area contributed by atoms with Crippen LogP contribution in [-0.4, -0.2) is 9.55 Å². The van der Waals surface area contributed by atoms with E-state index in [2.05, 4.69) is 20.9 Å². The first kappa shape index (κ1) is 11.0. The van der Waals surface area contributed by atoms with Crippen LogP contribution in [0.15, 0.2) is 26.9 Å². The summed E-state index contributed by atoms with van der Waals surface area (Å²) < 4.78 is 2.21. The molecule has 0 aromatic carbocycles. The molecule has 0 saturated carbocycles. The van der Waals surface area contributed by atoms with E-state index in [1.807, 2.05) is 17.5 Å². The maximum Gasteiger partial charge on any atom is 0.347 e. The highest BCUT2D eigenvalue weighted by molar-refractivity contribution is 9.10. The van der Waals surface area contributed by atoms with Gasteiger partial charge < -0.3 is 4.57 Å². The van der Waals surface area contributed by atoms with Crippen molar-refractivity contribution in [2.24, 2.45) is 7.05 Å². The molecule has 0 fully saturated rings. The van der Waals surface area contributed by atoms with Crippen molar-refractivity contribution >= 4 is 27.3 Å². The molecule has 2 rings (SSSR count). The van der Waals surface area contributed by atoms with Gasteiger partial charge in [-0.2, -0.15) is 10.2 Å². The molecular weight excluding hydrogens is 290 g/mol. The van der Waals surface area contributed by atoms with E-state index >= 15 is 0 Å². The van der Waals surface area contributed by atoms with Gasteiger partial charge in [0.1, 0.15) is 11.8 Å². The molecule has 0 spiro atoms. The molecule has 2 aromatic heterocycles. The molecule has 0 aliphatic rings. The molecule has 2 aromatic rings. The molecule has 2 heterocycles. The van der Waals surface area contributed by atoms with Crippen LogP contribution in [0.2, 0.25) is 0 Å². The van der Waals surface area contributed by atoms with E-state index in [1.54, 1.807) is 7.05 Å². The van der Waals surface area contributed by atoms with Crippen molar-refractivity contribution < 1.29 is 0 Å². The Hall–Kier alpha value is -1.45. The summed E-state index contributed by atoms with van der Waals surface area (Å²) in [6, 6.07) is 3.88. The normalized spacial score (nSPS) is 10.1. The van der Waals surface area contributed by atoms with Crippen molar-refractivity contribution in [2.75, 3.05) is 0 Å². The lowest BCUT2D eigenvalue weighted by atomic mass is 10.2. The fraction of sp³-hybridized carbons (Fsp3) is 0.100. The number of hydrogen-bond acceptors (Lipinski definition) is 4. The third-order valence-corrected chi connectivity index (χ3v) is 3.71. The van der Waals surface area contributed by atoms with Crippen LogP contribution < -0.4 is 5.69 Å². The predicted octanol–water partition coefficient (Wildman–Crippen LogP) is 2.14. The second-order valence-corrected chi connectivity index (χ2v) is 4.96. The topological polar surface area (TPSA) is 58.7 Å². The van der Waals surface area contributed by atoms with E-state index in [4.69, 9.17) is 5.26 Å². The van der Waals surface area contributed by atoms with Crippen molar-refractivity contribution in [3.8, 4) is 16.6 Å². The lowest BCUT2D eigenvalue weighted by Gasteiger charge is -2.01. The van der Waals surface area contributed by atoms with Gasteiger partial charge in [-0.3, -0.25) is 0 Å². The monoisotopic (exact) mass is 295 g/mol. The van der Waals surface area contributed by atoms with E-state index in [0.717, 1.165) is 9.35 Å². The molecule has 0 bridgehead atoms. The van der Waals surface area contributed by atoms with E-state index in [0.29, 0.717) is 11.3 Å². The van der Waals surface area contributed by atoms with E-state index in [1.165, 1.54) is 22.1 Å². The Morgan fingerprint density at radius 3 is 2.94 bits per heavy atom. The van der Waals surface area contributed by atoms with Crippen LogP contribution in [0, 0.1) is 11.3 Å². The van der Waals surface area contributed by atoms with Gasteiger partial charge in [-0.15, -0.1) is 11.3 Å². The number of nitriles is 1. The van der Waals surface area contributed by atoms with Gasteiger partial charge >= 0.3 is 5.69 Å². The molecule has 80 valence electrons. The fourth-order valence-corrected chi connectivity index (χ4v) is 2.68. The molecule has 6 heteroatoms. The zero-order valence-corrected chi connectivity index (χ0v) is 10.7. The van der Waals surface area contributed by atoms with Gasteiger partial charge in [-0.25, -0.2) is 4.79 Å². The Kier molecular flexibility index (Phi) is 2.90. The highest BCUT2D eigenvalue weighted by Gasteiger charge is 2.11. The van der Waals surface area contributed by atoms with Crippen LogP contribution in [0.3, 0.4) is 0 Å². The van der Waals surface area contributed by atoms with Crippen molar-refractivity contribution in [2.45, 2.75) is 0 Å². The number of hydrogen-bond donors (Lipinski definition) is 0. The van der Waals surface area contributed by atoms with Gasteiger partial charge in [0.2, 0.25) is 0 Å². The number of nitrogens with zero attached hydrogens (tertiary/aromatic N) is 3. The summed E-state index contributed by atoms with van der Waals surface area (Å²) in [5, 5.41) is 10.9. The summed E-state index contributed by atoms with van der Waals surface area (Å²) >= 11 is 4.76. The molecule has 0 aliphatic heterocycles. The summed E-state index contributed by atoms with van der Waals surface area (Å²) in [5.74, 6) is 0. The molecule has 0 atom stereocenters. The molecule has 0 N–H and O–H groups in total. The maximum atomic E-state index is 11.4. The highest BCUT2D eigenvalue weighted by Crippen LogP contribution is 2.29. The molecule has 16 heavy (non-hydrogen) atoms. The van der Waals surface area contributed by atoms with E-state index in [9.17, 15) is 4.79 Å². The largest absolute Gasteiger partial charge is 0.347 e. The Bertz CT molecular complexity index is 638. The SMILES string of the molecule is Cn1cc(C#N)c(-c2cc(Br)cs2)nc1=O. The minimum Gasteiger partial charge on any atom is -0.301 e. The van der Waals surface area contributed by atoms with Crippen LogP contribution in [0.1, 0.15) is 5.56 Å². The standard InChI is InChI=1S/C10H6BrN3OS/c1-14-4-6(3-12)9(13-10(14)15)8-2-7(11)5-16-8/h2,4-5H,1H3. The van der Waals surface area contributed by atoms with Crippen molar-refractivity contribution in [1.82, 2.24) is 9.55 Å². The van der Waals surface area contributed by atoms with Crippen molar-refractivity contribution in [1.29, 1.82) is 5.26 Å². The first-order valence-corrected chi connectivity index (χ1v) is 6.01. The average Bonchev–Trinajstić information content (AvgIpc) is 2.68. The molecule has 4 nitrogen and oxygen atoms in total. The zero-order valence-electron chi connectivity index (χ0n) is 8.27. The first-order chi connectivity index (χ1) is 7.61. The van der Waals surface area contributed by atoms with Gasteiger partial charge in [0.05, 0.1) is 10.4 Å². The Morgan fingerprint density at radius 2 is 2.38 bits per heavy atom. The number of rotatable bonds is 1. The van der Waals surface area contributed by atoms with E-state index < -0.39 is 0 Å². The summed E-state index contributed by atoms with van der Waals surface area (Å²) in [6.07, 6.45) is 1.50. The molecule has 0 unspecified atom stereocenters. The van der Waals surface area contributed by atoms with Gasteiger partial charge in [-0.05, 0) is 22.0 Å². The van der Waals surface area contributed by atoms with Crippen LogP contribution in [0.4, 0.5) is 0 Å². The molecule has 0 saturated heterocycles. The summed E-state index contributed by atoms with van der Waals surface area (Å²) in [4.78, 5) is 16.1. The van der Waals surface area contributed by atoms with Gasteiger partial charge in [0.15, 0.2) is 0 Å². The average molecular weight is 296 g/mol. The van der Waals surface area contributed by atoms with Crippen LogP contribution in [0.25, 0.3) is 10.6 Å². The smallest absolute Gasteiger partial charge is 0.301 e. The number of aromatic nitrogens is 2. The first-order valence-electron chi connectivity index (χ1n) is 4.34. The van der Waals surface area contributed by atoms with Crippen molar-refractivity contribution in [3.05, 3.63) is 38.2 Å². The molecular formula is C10H6BrN3OS. The summed E-state index contributed by atoms with van der Waals surface area (Å²) in [7, 11) is 1.57.